The maximum absolute atomic E-state index is 12.2. The first-order chi connectivity index (χ1) is 11.4. The lowest BCUT2D eigenvalue weighted by Gasteiger charge is -2.28. The van der Waals surface area contributed by atoms with E-state index >= 15 is 0 Å². The Morgan fingerprint density at radius 2 is 2.08 bits per heavy atom. The summed E-state index contributed by atoms with van der Waals surface area (Å²) in [5, 5.41) is 2.71. The predicted molar refractivity (Wildman–Crippen MR) is 94.2 cm³/mol. The molecule has 1 aliphatic heterocycles. The molecule has 1 aromatic rings. The van der Waals surface area contributed by atoms with Gasteiger partial charge < -0.3 is 19.8 Å². The highest BCUT2D eigenvalue weighted by Gasteiger charge is 2.35. The van der Waals surface area contributed by atoms with Gasteiger partial charge in [0, 0.05) is 10.7 Å². The first kappa shape index (κ1) is 19.1. The molecule has 3 N–H and O–H groups in total. The number of esters is 1. The van der Waals surface area contributed by atoms with Gasteiger partial charge in [-0.25, -0.2) is 4.79 Å². The Hall–Kier alpha value is -1.27. The number of thioether (sulfide) groups is 1. The number of nitrogens with one attached hydrogen (secondary N) is 1. The van der Waals surface area contributed by atoms with Crippen LogP contribution in [0.3, 0.4) is 0 Å². The second-order valence-electron chi connectivity index (χ2n) is 5.52. The van der Waals surface area contributed by atoms with Crippen molar-refractivity contribution < 1.29 is 23.9 Å². The van der Waals surface area contributed by atoms with E-state index < -0.39 is 19.6 Å². The maximum atomic E-state index is 12.2. The van der Waals surface area contributed by atoms with Crippen LogP contribution in [-0.4, -0.2) is 27.6 Å². The molecule has 0 radical (unpaired) electrons. The molecule has 0 saturated heterocycles. The second kappa shape index (κ2) is 8.72. The SMILES string of the molecule is CCCCC1=C(P(=O)(O)O)N[C@H](C(=O)OCc2ccccc2)CS1. The fourth-order valence-corrected chi connectivity index (χ4v) is 4.65. The van der Waals surface area contributed by atoms with Crippen LogP contribution < -0.4 is 5.32 Å². The standard InChI is InChI=1S/C16H22NO5PS/c1-2-3-9-14-15(23(19,20)21)17-13(11-24-14)16(18)22-10-12-7-5-4-6-8-12/h4-8,13,17H,2-3,9-11H2,1H3,(H2,19,20,21)/t13-/m0/s1. The summed E-state index contributed by atoms with van der Waals surface area (Å²) in [4.78, 5) is 31.9. The molecule has 24 heavy (non-hydrogen) atoms. The number of rotatable bonds is 7. The summed E-state index contributed by atoms with van der Waals surface area (Å²) < 4.78 is 17.0. The minimum absolute atomic E-state index is 0.131. The third-order valence-corrected chi connectivity index (χ3v) is 5.95. The molecule has 0 aromatic heterocycles. The van der Waals surface area contributed by atoms with Crippen molar-refractivity contribution in [3.05, 3.63) is 46.2 Å². The average molecular weight is 371 g/mol. The summed E-state index contributed by atoms with van der Waals surface area (Å²) in [5.41, 5.74) is 0.734. The van der Waals surface area contributed by atoms with E-state index in [1.165, 1.54) is 11.8 Å². The molecule has 1 heterocycles. The zero-order valence-corrected chi connectivity index (χ0v) is 15.2. The highest BCUT2D eigenvalue weighted by atomic mass is 32.2. The molecule has 132 valence electrons. The van der Waals surface area contributed by atoms with Crippen LogP contribution in [0.4, 0.5) is 0 Å². The molecule has 0 saturated carbocycles. The molecule has 0 unspecified atom stereocenters. The first-order valence-corrected chi connectivity index (χ1v) is 10.4. The van der Waals surface area contributed by atoms with Crippen LogP contribution in [0.15, 0.2) is 40.7 Å². The topological polar surface area (TPSA) is 95.9 Å². The second-order valence-corrected chi connectivity index (χ2v) is 8.17. The van der Waals surface area contributed by atoms with Crippen LogP contribution in [0.2, 0.25) is 0 Å². The minimum atomic E-state index is -4.45. The van der Waals surface area contributed by atoms with Gasteiger partial charge >= 0.3 is 13.6 Å². The molecule has 1 atom stereocenters. The lowest BCUT2D eigenvalue weighted by Crippen LogP contribution is -2.42. The predicted octanol–water partition coefficient (Wildman–Crippen LogP) is 2.97. The monoisotopic (exact) mass is 371 g/mol. The van der Waals surface area contributed by atoms with Crippen molar-refractivity contribution >= 4 is 25.3 Å². The van der Waals surface area contributed by atoms with Crippen molar-refractivity contribution in [1.29, 1.82) is 0 Å². The molecule has 8 heteroatoms. The van der Waals surface area contributed by atoms with Crippen molar-refractivity contribution in [2.75, 3.05) is 5.75 Å². The van der Waals surface area contributed by atoms with Crippen LogP contribution in [0.1, 0.15) is 31.7 Å². The summed E-state index contributed by atoms with van der Waals surface area (Å²) in [5.74, 6) is -0.109. The Labute approximate surface area is 145 Å². The van der Waals surface area contributed by atoms with E-state index in [-0.39, 0.29) is 12.0 Å². The van der Waals surface area contributed by atoms with Crippen molar-refractivity contribution in [3.8, 4) is 0 Å². The van der Waals surface area contributed by atoms with Crippen LogP contribution in [0.5, 0.6) is 0 Å². The van der Waals surface area contributed by atoms with Crippen LogP contribution >= 0.6 is 19.4 Å². The van der Waals surface area contributed by atoms with Gasteiger partial charge in [0.25, 0.3) is 0 Å². The molecule has 0 spiro atoms. The highest BCUT2D eigenvalue weighted by Crippen LogP contribution is 2.50. The Kier molecular flexibility index (Phi) is 6.92. The van der Waals surface area contributed by atoms with E-state index in [0.717, 1.165) is 18.4 Å². The van der Waals surface area contributed by atoms with E-state index in [1.54, 1.807) is 0 Å². The number of hydrogen-bond donors (Lipinski definition) is 3. The van der Waals surface area contributed by atoms with Crippen LogP contribution in [0, 0.1) is 0 Å². The van der Waals surface area contributed by atoms with E-state index in [0.29, 0.717) is 17.1 Å². The van der Waals surface area contributed by atoms with Gasteiger partial charge in [-0.05, 0) is 18.4 Å². The van der Waals surface area contributed by atoms with Crippen molar-refractivity contribution in [3.63, 3.8) is 0 Å². The minimum Gasteiger partial charge on any atom is -0.459 e. The molecule has 0 bridgehead atoms. The normalized spacial score (nSPS) is 18.2. The number of allylic oxidation sites excluding steroid dienone is 1. The van der Waals surface area contributed by atoms with E-state index in [4.69, 9.17) is 4.74 Å². The third-order valence-electron chi connectivity index (χ3n) is 3.56. The van der Waals surface area contributed by atoms with Crippen LogP contribution in [-0.2, 0) is 20.7 Å². The van der Waals surface area contributed by atoms with Gasteiger partial charge in [0.05, 0.1) is 0 Å². The zero-order valence-electron chi connectivity index (χ0n) is 13.5. The van der Waals surface area contributed by atoms with Crippen LogP contribution in [0.25, 0.3) is 0 Å². The molecule has 2 rings (SSSR count). The van der Waals surface area contributed by atoms with Gasteiger partial charge in [-0.2, -0.15) is 0 Å². The van der Waals surface area contributed by atoms with E-state index in [9.17, 15) is 19.1 Å². The summed E-state index contributed by atoms with van der Waals surface area (Å²) >= 11 is 1.32. The Balaban J connectivity index is 2.01. The summed E-state index contributed by atoms with van der Waals surface area (Å²) in [6, 6.07) is 8.52. The quantitative estimate of drug-likeness (QED) is 0.501. The third kappa shape index (κ3) is 5.38. The van der Waals surface area contributed by atoms with E-state index in [2.05, 4.69) is 5.32 Å². The van der Waals surface area contributed by atoms with Gasteiger partial charge in [-0.1, -0.05) is 43.7 Å². The molecule has 1 aliphatic rings. The lowest BCUT2D eigenvalue weighted by atomic mass is 10.2. The summed E-state index contributed by atoms with van der Waals surface area (Å²) in [6.07, 6.45) is 2.37. The fraction of sp³-hybridized carbons (Fsp3) is 0.438. The number of ether oxygens (including phenoxy) is 1. The number of hydrogen-bond acceptors (Lipinski definition) is 5. The van der Waals surface area contributed by atoms with Gasteiger partial charge in [-0.3, -0.25) is 4.57 Å². The molecule has 0 amide bonds. The van der Waals surface area contributed by atoms with Gasteiger partial charge in [0.2, 0.25) is 0 Å². The number of carbonyl (C=O) groups is 1. The maximum Gasteiger partial charge on any atom is 0.372 e. The van der Waals surface area contributed by atoms with Crippen molar-refractivity contribution in [1.82, 2.24) is 5.32 Å². The molecule has 0 fully saturated rings. The van der Waals surface area contributed by atoms with Gasteiger partial charge in [0.15, 0.2) is 0 Å². The lowest BCUT2D eigenvalue weighted by molar-refractivity contribution is -0.146. The molecule has 1 aromatic carbocycles. The molecular formula is C16H22NO5PS. The largest absolute Gasteiger partial charge is 0.459 e. The Bertz CT molecular complexity index is 643. The smallest absolute Gasteiger partial charge is 0.372 e. The van der Waals surface area contributed by atoms with Crippen molar-refractivity contribution in [2.24, 2.45) is 0 Å². The molecular weight excluding hydrogens is 349 g/mol. The fourth-order valence-electron chi connectivity index (χ4n) is 2.27. The highest BCUT2D eigenvalue weighted by molar-refractivity contribution is 8.03. The first-order valence-electron chi connectivity index (χ1n) is 7.81. The average Bonchev–Trinajstić information content (AvgIpc) is 2.57. The number of carbonyl (C=O) groups excluding carboxylic acids is 1. The van der Waals surface area contributed by atoms with Gasteiger partial charge in [0.1, 0.15) is 18.1 Å². The number of benzene rings is 1. The molecule has 0 aliphatic carbocycles. The Morgan fingerprint density at radius 3 is 2.71 bits per heavy atom. The number of unbranched alkanes of at least 4 members (excludes halogenated alkanes) is 1. The van der Waals surface area contributed by atoms with E-state index in [1.807, 2.05) is 37.3 Å². The van der Waals surface area contributed by atoms with Crippen molar-refractivity contribution in [2.45, 2.75) is 38.8 Å². The van der Waals surface area contributed by atoms with Gasteiger partial charge in [-0.15, -0.1) is 11.8 Å². The zero-order chi connectivity index (χ0) is 17.6. The molecule has 6 nitrogen and oxygen atoms in total. The summed E-state index contributed by atoms with van der Waals surface area (Å²) in [7, 11) is -4.45. The Morgan fingerprint density at radius 1 is 1.38 bits per heavy atom. The summed E-state index contributed by atoms with van der Waals surface area (Å²) in [6.45, 7) is 2.16.